The van der Waals surface area contributed by atoms with Crippen molar-refractivity contribution in [3.05, 3.63) is 0 Å². The first-order chi connectivity index (χ1) is 8.31. The molecule has 0 aromatic carbocycles. The molecular weight excluding hydrogens is 212 g/mol. The fourth-order valence-electron chi connectivity index (χ4n) is 4.13. The fourth-order valence-corrected chi connectivity index (χ4v) is 4.13. The fraction of sp³-hybridized carbons (Fsp3) is 1.00. The Balaban J connectivity index is 1.43. The van der Waals surface area contributed by atoms with Crippen molar-refractivity contribution in [1.29, 1.82) is 0 Å². The van der Waals surface area contributed by atoms with Crippen LogP contribution in [0.3, 0.4) is 0 Å². The van der Waals surface area contributed by atoms with Crippen molar-refractivity contribution in [1.82, 2.24) is 0 Å². The van der Waals surface area contributed by atoms with Crippen LogP contribution in [0.1, 0.15) is 71.1 Å². The lowest BCUT2D eigenvalue weighted by Crippen LogP contribution is -2.28. The third kappa shape index (κ3) is 2.68. The Morgan fingerprint density at radius 2 is 1.47 bits per heavy atom. The molecule has 2 nitrogen and oxygen atoms in total. The van der Waals surface area contributed by atoms with E-state index in [1.54, 1.807) is 0 Å². The first kappa shape index (κ1) is 12.0. The van der Waals surface area contributed by atoms with Crippen molar-refractivity contribution in [2.75, 3.05) is 0 Å². The number of hydrogen-bond acceptors (Lipinski definition) is 2. The van der Waals surface area contributed by atoms with Crippen LogP contribution in [-0.4, -0.2) is 5.79 Å². The maximum Gasteiger partial charge on any atom is 0.234 e. The van der Waals surface area contributed by atoms with Crippen LogP contribution in [0.15, 0.2) is 0 Å². The molecule has 0 bridgehead atoms. The van der Waals surface area contributed by atoms with E-state index in [0.29, 0.717) is 0 Å². The zero-order chi connectivity index (χ0) is 11.7. The van der Waals surface area contributed by atoms with Crippen LogP contribution < -0.4 is 0 Å². The summed E-state index contributed by atoms with van der Waals surface area (Å²) >= 11 is 0. The SMILES string of the molecule is CCCC1CCC(C2CCC3(CC2)OO3)CC1. The molecule has 1 heterocycles. The van der Waals surface area contributed by atoms with Gasteiger partial charge in [-0.1, -0.05) is 32.6 Å². The summed E-state index contributed by atoms with van der Waals surface area (Å²) in [7, 11) is 0. The average Bonchev–Trinajstić information content (AvgIpc) is 3.12. The van der Waals surface area contributed by atoms with E-state index in [4.69, 9.17) is 9.78 Å². The second-order valence-corrected chi connectivity index (χ2v) is 6.48. The van der Waals surface area contributed by atoms with Crippen molar-refractivity contribution < 1.29 is 9.78 Å². The van der Waals surface area contributed by atoms with Gasteiger partial charge in [0.15, 0.2) is 0 Å². The smallest absolute Gasteiger partial charge is 0.195 e. The summed E-state index contributed by atoms with van der Waals surface area (Å²) in [6.45, 7) is 2.32. The van der Waals surface area contributed by atoms with Gasteiger partial charge in [0.25, 0.3) is 0 Å². The van der Waals surface area contributed by atoms with Crippen LogP contribution in [0, 0.1) is 17.8 Å². The maximum atomic E-state index is 5.12. The van der Waals surface area contributed by atoms with Crippen LogP contribution in [0.2, 0.25) is 0 Å². The molecule has 98 valence electrons. The minimum absolute atomic E-state index is 0.101. The molecule has 2 saturated carbocycles. The normalized spacial score (nSPS) is 37.2. The summed E-state index contributed by atoms with van der Waals surface area (Å²) in [5.41, 5.74) is 0. The first-order valence-corrected chi connectivity index (χ1v) is 7.68. The molecule has 0 amide bonds. The van der Waals surface area contributed by atoms with E-state index in [9.17, 15) is 0 Å². The molecule has 0 aromatic heterocycles. The van der Waals surface area contributed by atoms with Gasteiger partial charge in [-0.15, -0.1) is 0 Å². The van der Waals surface area contributed by atoms with Crippen LogP contribution in [0.25, 0.3) is 0 Å². The summed E-state index contributed by atoms with van der Waals surface area (Å²) in [5.74, 6) is 2.92. The van der Waals surface area contributed by atoms with E-state index in [1.165, 1.54) is 51.4 Å². The van der Waals surface area contributed by atoms with Crippen molar-refractivity contribution in [2.24, 2.45) is 17.8 Å². The zero-order valence-corrected chi connectivity index (χ0v) is 11.1. The lowest BCUT2D eigenvalue weighted by Gasteiger charge is -2.36. The van der Waals surface area contributed by atoms with Gasteiger partial charge in [-0.3, -0.25) is 0 Å². The highest BCUT2D eigenvalue weighted by Gasteiger charge is 2.51. The number of hydrogen-bond donors (Lipinski definition) is 0. The van der Waals surface area contributed by atoms with E-state index in [-0.39, 0.29) is 5.79 Å². The summed E-state index contributed by atoms with van der Waals surface area (Å²) in [5, 5.41) is 0. The van der Waals surface area contributed by atoms with Gasteiger partial charge in [0.1, 0.15) is 0 Å². The van der Waals surface area contributed by atoms with Crippen LogP contribution in [0.4, 0.5) is 0 Å². The Kier molecular flexibility index (Phi) is 3.45. The highest BCUT2D eigenvalue weighted by atomic mass is 17.4. The van der Waals surface area contributed by atoms with E-state index < -0.39 is 0 Å². The average molecular weight is 238 g/mol. The Hall–Kier alpha value is -0.0800. The second kappa shape index (κ2) is 4.89. The Morgan fingerprint density at radius 1 is 0.882 bits per heavy atom. The summed E-state index contributed by atoms with van der Waals surface area (Å²) in [4.78, 5) is 10.2. The molecule has 1 saturated heterocycles. The zero-order valence-electron chi connectivity index (χ0n) is 11.1. The molecule has 0 N–H and O–H groups in total. The largest absolute Gasteiger partial charge is 0.234 e. The first-order valence-electron chi connectivity index (χ1n) is 7.68. The minimum atomic E-state index is -0.101. The summed E-state index contributed by atoms with van der Waals surface area (Å²) in [6, 6.07) is 0. The molecule has 0 aromatic rings. The molecular formula is C15H26O2. The van der Waals surface area contributed by atoms with Crippen molar-refractivity contribution in [3.63, 3.8) is 0 Å². The van der Waals surface area contributed by atoms with E-state index >= 15 is 0 Å². The standard InChI is InChI=1S/C15H26O2/c1-2-3-12-4-6-13(7-5-12)14-8-10-15(11-9-14)16-17-15/h12-14H,2-11H2,1H3. The van der Waals surface area contributed by atoms with Crippen molar-refractivity contribution in [2.45, 2.75) is 76.9 Å². The van der Waals surface area contributed by atoms with Crippen LogP contribution in [-0.2, 0) is 9.78 Å². The van der Waals surface area contributed by atoms with Gasteiger partial charge in [-0.2, -0.15) is 9.78 Å². The maximum absolute atomic E-state index is 5.12. The Morgan fingerprint density at radius 3 is 2.00 bits per heavy atom. The summed E-state index contributed by atoms with van der Waals surface area (Å²) < 4.78 is 0. The van der Waals surface area contributed by atoms with Gasteiger partial charge in [0, 0.05) is 12.8 Å². The van der Waals surface area contributed by atoms with E-state index in [0.717, 1.165) is 30.6 Å². The van der Waals surface area contributed by atoms with Gasteiger partial charge < -0.3 is 0 Å². The second-order valence-electron chi connectivity index (χ2n) is 6.48. The minimum Gasteiger partial charge on any atom is -0.195 e. The van der Waals surface area contributed by atoms with Gasteiger partial charge in [-0.05, 0) is 43.4 Å². The van der Waals surface area contributed by atoms with Gasteiger partial charge in [-0.25, -0.2) is 0 Å². The molecule has 1 aliphatic heterocycles. The molecule has 0 atom stereocenters. The molecule has 0 unspecified atom stereocenters. The number of rotatable bonds is 3. The lowest BCUT2D eigenvalue weighted by atomic mass is 9.69. The highest BCUT2D eigenvalue weighted by molar-refractivity contribution is 4.87. The monoisotopic (exact) mass is 238 g/mol. The predicted octanol–water partition coefficient (Wildman–Crippen LogP) is 4.44. The lowest BCUT2D eigenvalue weighted by molar-refractivity contribution is 0.0850. The predicted molar refractivity (Wildman–Crippen MR) is 67.2 cm³/mol. The molecule has 3 aliphatic rings. The highest BCUT2D eigenvalue weighted by Crippen LogP contribution is 2.49. The quantitative estimate of drug-likeness (QED) is 0.536. The third-order valence-corrected chi connectivity index (χ3v) is 5.37. The molecule has 3 rings (SSSR count). The topological polar surface area (TPSA) is 25.1 Å². The molecule has 2 heteroatoms. The third-order valence-electron chi connectivity index (χ3n) is 5.37. The van der Waals surface area contributed by atoms with Crippen LogP contribution >= 0.6 is 0 Å². The van der Waals surface area contributed by atoms with Crippen molar-refractivity contribution in [3.8, 4) is 0 Å². The van der Waals surface area contributed by atoms with E-state index in [2.05, 4.69) is 6.92 Å². The Labute approximate surface area is 105 Å². The van der Waals surface area contributed by atoms with Crippen LogP contribution in [0.5, 0.6) is 0 Å². The molecule has 2 aliphatic carbocycles. The molecule has 17 heavy (non-hydrogen) atoms. The van der Waals surface area contributed by atoms with Crippen molar-refractivity contribution >= 4 is 0 Å². The Bertz CT molecular complexity index is 242. The molecule has 3 fully saturated rings. The molecule has 0 radical (unpaired) electrons. The molecule has 1 spiro atoms. The van der Waals surface area contributed by atoms with Gasteiger partial charge in [0.05, 0.1) is 0 Å². The summed E-state index contributed by atoms with van der Waals surface area (Å²) in [6.07, 6.45) is 13.8. The van der Waals surface area contributed by atoms with Gasteiger partial charge in [0.2, 0.25) is 5.79 Å². The van der Waals surface area contributed by atoms with Gasteiger partial charge >= 0.3 is 0 Å². The van der Waals surface area contributed by atoms with E-state index in [1.807, 2.05) is 0 Å².